The number of aromatic amines is 1. The molecule has 0 saturated heterocycles. The van der Waals surface area contributed by atoms with E-state index in [1.54, 1.807) is 4.57 Å². The second kappa shape index (κ2) is 12.0. The first-order valence-corrected chi connectivity index (χ1v) is 14.2. The summed E-state index contributed by atoms with van der Waals surface area (Å²) in [4.78, 5) is 46.4. The van der Waals surface area contributed by atoms with Crippen molar-refractivity contribution in [2.45, 2.75) is 90.1 Å². The van der Waals surface area contributed by atoms with E-state index in [0.29, 0.717) is 41.9 Å². The van der Waals surface area contributed by atoms with Crippen molar-refractivity contribution in [3.63, 3.8) is 0 Å². The van der Waals surface area contributed by atoms with Gasteiger partial charge in [-0.1, -0.05) is 75.6 Å². The summed E-state index contributed by atoms with van der Waals surface area (Å²) in [6.07, 6.45) is 16.6. The van der Waals surface area contributed by atoms with Crippen LogP contribution in [-0.4, -0.2) is 30.2 Å². The van der Waals surface area contributed by atoms with Crippen LogP contribution in [0.25, 0.3) is 28.6 Å². The van der Waals surface area contributed by atoms with Gasteiger partial charge in [0.2, 0.25) is 0 Å². The van der Waals surface area contributed by atoms with Gasteiger partial charge in [-0.15, -0.1) is 0 Å². The number of nitrogens with one attached hydrogen (secondary N) is 1. The number of hydrogen-bond donors (Lipinski definition) is 2. The molecule has 2 aromatic heterocycles. The molecule has 0 unspecified atom stereocenters. The minimum Gasteiger partial charge on any atom is -0.478 e. The van der Waals surface area contributed by atoms with E-state index in [0.717, 1.165) is 55.7 Å². The van der Waals surface area contributed by atoms with Crippen molar-refractivity contribution >= 4 is 23.2 Å². The predicted octanol–water partition coefficient (Wildman–Crippen LogP) is 5.59. The van der Waals surface area contributed by atoms with Crippen molar-refractivity contribution in [2.24, 2.45) is 11.8 Å². The van der Waals surface area contributed by atoms with E-state index in [1.165, 1.54) is 49.2 Å². The topological polar surface area (TPSA) is 110 Å². The fourth-order valence-electron chi connectivity index (χ4n) is 6.16. The number of carboxylic acids is 1. The average Bonchev–Trinajstić information content (AvgIpc) is 3.06. The van der Waals surface area contributed by atoms with Crippen LogP contribution >= 0.6 is 0 Å². The first kappa shape index (κ1) is 26.2. The quantitative estimate of drug-likeness (QED) is 0.313. The molecular weight excluding hydrogens is 480 g/mol. The summed E-state index contributed by atoms with van der Waals surface area (Å²) in [7, 11) is 0. The van der Waals surface area contributed by atoms with E-state index < -0.39 is 5.97 Å². The fourth-order valence-corrected chi connectivity index (χ4v) is 6.16. The molecule has 202 valence electrons. The Morgan fingerprint density at radius 1 is 0.868 bits per heavy atom. The molecule has 2 saturated carbocycles. The van der Waals surface area contributed by atoms with Crippen LogP contribution in [0.1, 0.15) is 82.6 Å². The number of carboxylic acid groups (broad SMARTS) is 1. The van der Waals surface area contributed by atoms with Crippen molar-refractivity contribution in [2.75, 3.05) is 0 Å². The third-order valence-electron chi connectivity index (χ3n) is 8.30. The summed E-state index contributed by atoms with van der Waals surface area (Å²) in [5.74, 6) is 0.288. The Morgan fingerprint density at radius 3 is 1.97 bits per heavy atom. The minimum atomic E-state index is -1.00. The van der Waals surface area contributed by atoms with E-state index in [9.17, 15) is 14.4 Å². The van der Waals surface area contributed by atoms with Crippen molar-refractivity contribution in [3.8, 4) is 11.4 Å². The Morgan fingerprint density at radius 2 is 1.42 bits per heavy atom. The van der Waals surface area contributed by atoms with Crippen molar-refractivity contribution in [1.29, 1.82) is 0 Å². The zero-order valence-corrected chi connectivity index (χ0v) is 22.0. The molecule has 2 fully saturated rings. The summed E-state index contributed by atoms with van der Waals surface area (Å²) in [5, 5.41) is 8.87. The molecule has 3 aromatic rings. The largest absolute Gasteiger partial charge is 0.478 e. The molecule has 0 atom stereocenters. The standard InChI is InChI=1S/C30H38N4O4/c35-25(36)18-15-21-13-16-24(17-14-21)27-31-26-28(32-27)33(19-22-9-5-1-2-6-10-22)30(38)34(29(26)37)20-23-11-7-3-4-8-12-23/h13-18,22-23H,1-12,19-20H2,(H,31,32)(H,35,36)/b18-15+. The van der Waals surface area contributed by atoms with E-state index in [4.69, 9.17) is 10.1 Å². The maximum atomic E-state index is 13.9. The molecule has 0 radical (unpaired) electrons. The number of rotatable bonds is 7. The molecule has 0 spiro atoms. The molecule has 8 heteroatoms. The van der Waals surface area contributed by atoms with Crippen LogP contribution in [0, 0.1) is 11.8 Å². The molecule has 8 nitrogen and oxygen atoms in total. The van der Waals surface area contributed by atoms with Crippen LogP contribution in [0.4, 0.5) is 0 Å². The van der Waals surface area contributed by atoms with Crippen molar-refractivity contribution in [1.82, 2.24) is 19.1 Å². The van der Waals surface area contributed by atoms with Crippen molar-refractivity contribution < 1.29 is 9.90 Å². The maximum Gasteiger partial charge on any atom is 0.332 e. The molecule has 2 aliphatic rings. The smallest absolute Gasteiger partial charge is 0.332 e. The van der Waals surface area contributed by atoms with E-state index >= 15 is 0 Å². The number of aliphatic carboxylic acids is 1. The predicted molar refractivity (Wildman–Crippen MR) is 149 cm³/mol. The Bertz CT molecular complexity index is 1400. The highest BCUT2D eigenvalue weighted by Crippen LogP contribution is 2.27. The lowest BCUT2D eigenvalue weighted by Gasteiger charge is -2.19. The number of aromatic nitrogens is 4. The Balaban J connectivity index is 1.55. The molecule has 0 bridgehead atoms. The third-order valence-corrected chi connectivity index (χ3v) is 8.30. The molecule has 5 rings (SSSR count). The van der Waals surface area contributed by atoms with E-state index in [1.807, 2.05) is 24.3 Å². The molecule has 0 amide bonds. The van der Waals surface area contributed by atoms with Gasteiger partial charge in [0.05, 0.1) is 0 Å². The van der Waals surface area contributed by atoms with E-state index in [2.05, 4.69) is 4.98 Å². The minimum absolute atomic E-state index is 0.222. The summed E-state index contributed by atoms with van der Waals surface area (Å²) in [5.41, 5.74) is 1.82. The second-order valence-corrected chi connectivity index (χ2v) is 11.1. The SMILES string of the molecule is O=C(O)/C=C/c1ccc(-c2nc3c(=O)n(CC4CCCCCC4)c(=O)n(CC4CCCCCC4)c3[nH]2)cc1. The highest BCUT2D eigenvalue weighted by atomic mass is 16.4. The number of benzene rings is 1. The van der Waals surface area contributed by atoms with Gasteiger partial charge < -0.3 is 10.1 Å². The summed E-state index contributed by atoms with van der Waals surface area (Å²) in [6.45, 7) is 1.06. The average molecular weight is 519 g/mol. The van der Waals surface area contributed by atoms with Gasteiger partial charge >= 0.3 is 11.7 Å². The number of fused-ring (bicyclic) bond motifs is 1. The number of H-pyrrole nitrogens is 1. The summed E-state index contributed by atoms with van der Waals surface area (Å²) < 4.78 is 3.24. The first-order chi connectivity index (χ1) is 18.5. The fraction of sp³-hybridized carbons (Fsp3) is 0.533. The zero-order valence-electron chi connectivity index (χ0n) is 22.0. The Hall–Kier alpha value is -3.42. The van der Waals surface area contributed by atoms with Gasteiger partial charge in [0.1, 0.15) is 11.5 Å². The normalized spacial score (nSPS) is 18.1. The summed E-state index contributed by atoms with van der Waals surface area (Å²) >= 11 is 0. The molecule has 2 aliphatic carbocycles. The number of carbonyl (C=O) groups is 1. The first-order valence-electron chi connectivity index (χ1n) is 14.2. The highest BCUT2D eigenvalue weighted by Gasteiger charge is 2.23. The lowest BCUT2D eigenvalue weighted by atomic mass is 10.00. The molecule has 1 aromatic carbocycles. The van der Waals surface area contributed by atoms with E-state index in [-0.39, 0.29) is 11.2 Å². The van der Waals surface area contributed by atoms with Crippen LogP contribution in [0.15, 0.2) is 39.9 Å². The van der Waals surface area contributed by atoms with Crippen LogP contribution in [0.5, 0.6) is 0 Å². The number of nitrogens with zero attached hydrogens (tertiary/aromatic N) is 3. The molecule has 2 heterocycles. The highest BCUT2D eigenvalue weighted by molar-refractivity contribution is 5.85. The monoisotopic (exact) mass is 518 g/mol. The van der Waals surface area contributed by atoms with Gasteiger partial charge in [-0.25, -0.2) is 14.6 Å². The lowest BCUT2D eigenvalue weighted by Crippen LogP contribution is -2.42. The number of imidazole rings is 1. The molecule has 38 heavy (non-hydrogen) atoms. The van der Waals surface area contributed by atoms with Gasteiger partial charge in [-0.3, -0.25) is 13.9 Å². The van der Waals surface area contributed by atoms with Crippen molar-refractivity contribution in [3.05, 3.63) is 56.7 Å². The zero-order chi connectivity index (χ0) is 26.5. The van der Waals surface area contributed by atoms with Crippen LogP contribution in [0.3, 0.4) is 0 Å². The van der Waals surface area contributed by atoms with Gasteiger partial charge in [0, 0.05) is 24.7 Å². The Kier molecular flexibility index (Phi) is 8.25. The van der Waals surface area contributed by atoms with Gasteiger partial charge in [-0.05, 0) is 49.2 Å². The van der Waals surface area contributed by atoms with Crippen LogP contribution in [-0.2, 0) is 17.9 Å². The number of hydrogen-bond acceptors (Lipinski definition) is 4. The lowest BCUT2D eigenvalue weighted by molar-refractivity contribution is -0.131. The Labute approximate surface area is 222 Å². The van der Waals surface area contributed by atoms with Crippen LogP contribution in [0.2, 0.25) is 0 Å². The maximum absolute atomic E-state index is 13.9. The summed E-state index contributed by atoms with van der Waals surface area (Å²) in [6, 6.07) is 7.31. The van der Waals surface area contributed by atoms with Gasteiger partial charge in [-0.2, -0.15) is 0 Å². The third kappa shape index (κ3) is 6.00. The van der Waals surface area contributed by atoms with Gasteiger partial charge in [0.15, 0.2) is 5.52 Å². The molecular formula is C30H38N4O4. The second-order valence-electron chi connectivity index (χ2n) is 11.1. The van der Waals surface area contributed by atoms with Crippen LogP contribution < -0.4 is 11.2 Å². The molecule has 0 aliphatic heterocycles. The molecule has 2 N–H and O–H groups in total. The van der Waals surface area contributed by atoms with Gasteiger partial charge in [0.25, 0.3) is 5.56 Å².